The van der Waals surface area contributed by atoms with E-state index in [1.165, 1.54) is 18.1 Å². The molecule has 6 nitrogen and oxygen atoms in total. The minimum absolute atomic E-state index is 0.523. The van der Waals surface area contributed by atoms with Crippen LogP contribution in [0.15, 0.2) is 33.4 Å². The average molecular weight is 313 g/mol. The quantitative estimate of drug-likeness (QED) is 0.386. The first-order valence-electron chi connectivity index (χ1n) is 4.64. The van der Waals surface area contributed by atoms with E-state index in [1.54, 1.807) is 12.4 Å². The van der Waals surface area contributed by atoms with Crippen LogP contribution in [0.3, 0.4) is 0 Å². The Kier molecular flexibility index (Phi) is 3.87. The van der Waals surface area contributed by atoms with Crippen LogP contribution in [0.2, 0.25) is 0 Å². The van der Waals surface area contributed by atoms with Gasteiger partial charge in [0.25, 0.3) is 0 Å². The Labute approximate surface area is 111 Å². The highest BCUT2D eigenvalue weighted by Gasteiger charge is 2.10. The van der Waals surface area contributed by atoms with Crippen LogP contribution in [0.4, 0.5) is 5.82 Å². The Balaban J connectivity index is 2.27. The number of rotatable bonds is 3. The van der Waals surface area contributed by atoms with E-state index in [-0.39, 0.29) is 0 Å². The van der Waals surface area contributed by atoms with Gasteiger partial charge in [0.05, 0.1) is 4.47 Å². The molecule has 0 aliphatic rings. The van der Waals surface area contributed by atoms with Crippen molar-refractivity contribution >= 4 is 33.5 Å². The second-order valence-corrected chi connectivity index (χ2v) is 4.88. The fourth-order valence-electron chi connectivity index (χ4n) is 1.05. The van der Waals surface area contributed by atoms with E-state index in [2.05, 4.69) is 41.3 Å². The molecule has 2 rings (SSSR count). The second-order valence-electron chi connectivity index (χ2n) is 3.13. The lowest BCUT2D eigenvalue weighted by atomic mass is 10.4. The summed E-state index contributed by atoms with van der Waals surface area (Å²) >= 11 is 4.71. The first-order chi connectivity index (χ1) is 8.20. The van der Waals surface area contributed by atoms with Gasteiger partial charge in [-0.05, 0) is 40.2 Å². The lowest BCUT2D eigenvalue weighted by Gasteiger charge is -2.05. The molecular formula is C9H9BrN6S. The number of aryl methyl sites for hydroxylation is 1. The number of anilines is 1. The molecule has 0 amide bonds. The predicted octanol–water partition coefficient (Wildman–Crippen LogP) is 1.77. The van der Waals surface area contributed by atoms with Crippen molar-refractivity contribution in [1.29, 1.82) is 0 Å². The number of hydrogen-bond acceptors (Lipinski definition) is 7. The molecule has 0 saturated heterocycles. The van der Waals surface area contributed by atoms with Gasteiger partial charge >= 0.3 is 0 Å². The number of nitrogens with two attached hydrogens (primary N) is 1. The van der Waals surface area contributed by atoms with Crippen LogP contribution in [0.1, 0.15) is 5.56 Å². The monoisotopic (exact) mass is 312 g/mol. The van der Waals surface area contributed by atoms with E-state index >= 15 is 0 Å². The Morgan fingerprint density at radius 3 is 2.59 bits per heavy atom. The van der Waals surface area contributed by atoms with E-state index in [9.17, 15) is 0 Å². The summed E-state index contributed by atoms with van der Waals surface area (Å²) in [7, 11) is 0. The van der Waals surface area contributed by atoms with Crippen molar-refractivity contribution in [1.82, 2.24) is 19.9 Å². The SMILES string of the molecule is Cc1cnc(Sc2ncnc(NN)c2Br)nc1. The summed E-state index contributed by atoms with van der Waals surface area (Å²) < 4.78 is 0.691. The predicted molar refractivity (Wildman–Crippen MR) is 68.4 cm³/mol. The highest BCUT2D eigenvalue weighted by Crippen LogP contribution is 2.32. The maximum Gasteiger partial charge on any atom is 0.193 e. The Hall–Kier alpha value is -1.25. The molecule has 0 aromatic carbocycles. The Bertz CT molecular complexity index is 517. The van der Waals surface area contributed by atoms with Crippen molar-refractivity contribution in [2.45, 2.75) is 17.1 Å². The second kappa shape index (κ2) is 5.39. The van der Waals surface area contributed by atoms with Crippen LogP contribution in [-0.2, 0) is 0 Å². The fraction of sp³-hybridized carbons (Fsp3) is 0.111. The minimum Gasteiger partial charge on any atom is -0.307 e. The van der Waals surface area contributed by atoms with Crippen molar-refractivity contribution in [3.63, 3.8) is 0 Å². The molecule has 0 saturated carbocycles. The van der Waals surface area contributed by atoms with Crippen molar-refractivity contribution < 1.29 is 0 Å². The molecule has 88 valence electrons. The molecule has 2 aromatic rings. The molecule has 0 aliphatic carbocycles. The molecule has 8 heteroatoms. The van der Waals surface area contributed by atoms with E-state index in [0.29, 0.717) is 20.5 Å². The van der Waals surface area contributed by atoms with E-state index in [4.69, 9.17) is 5.84 Å². The highest BCUT2D eigenvalue weighted by molar-refractivity contribution is 9.10. The number of nitrogen functional groups attached to an aromatic ring is 1. The zero-order chi connectivity index (χ0) is 12.3. The standard InChI is InChI=1S/C9H9BrN6S/c1-5-2-12-9(13-3-5)17-8-6(10)7(16-11)14-4-15-8/h2-4H,11H2,1H3,(H,14,15,16). The zero-order valence-corrected chi connectivity index (χ0v) is 11.3. The molecule has 0 bridgehead atoms. The molecule has 3 N–H and O–H groups in total. The molecule has 0 spiro atoms. The van der Waals surface area contributed by atoms with Crippen molar-refractivity contribution in [2.75, 3.05) is 5.43 Å². The molecule has 2 aromatic heterocycles. The van der Waals surface area contributed by atoms with Crippen LogP contribution < -0.4 is 11.3 Å². The van der Waals surface area contributed by atoms with Crippen LogP contribution >= 0.6 is 27.7 Å². The third-order valence-corrected chi connectivity index (χ3v) is 3.75. The van der Waals surface area contributed by atoms with Crippen LogP contribution in [0.5, 0.6) is 0 Å². The fourth-order valence-corrected chi connectivity index (χ4v) is 2.28. The summed E-state index contributed by atoms with van der Waals surface area (Å²) in [6, 6.07) is 0. The van der Waals surface area contributed by atoms with Crippen molar-refractivity contribution in [2.24, 2.45) is 5.84 Å². The topological polar surface area (TPSA) is 89.6 Å². The summed E-state index contributed by atoms with van der Waals surface area (Å²) in [5.41, 5.74) is 3.49. The van der Waals surface area contributed by atoms with Crippen LogP contribution in [0, 0.1) is 6.92 Å². The van der Waals surface area contributed by atoms with Gasteiger partial charge in [0.1, 0.15) is 11.4 Å². The largest absolute Gasteiger partial charge is 0.307 e. The summed E-state index contributed by atoms with van der Waals surface area (Å²) in [6.45, 7) is 1.94. The molecule has 0 unspecified atom stereocenters. The number of nitrogens with zero attached hydrogens (tertiary/aromatic N) is 4. The summed E-state index contributed by atoms with van der Waals surface area (Å²) in [5, 5.41) is 1.33. The van der Waals surface area contributed by atoms with E-state index in [1.807, 2.05) is 6.92 Å². The lowest BCUT2D eigenvalue weighted by molar-refractivity contribution is 0.937. The van der Waals surface area contributed by atoms with E-state index < -0.39 is 0 Å². The maximum atomic E-state index is 5.32. The third-order valence-electron chi connectivity index (χ3n) is 1.84. The van der Waals surface area contributed by atoms with Gasteiger partial charge in [0, 0.05) is 12.4 Å². The number of hydrogen-bond donors (Lipinski definition) is 2. The van der Waals surface area contributed by atoms with E-state index in [0.717, 1.165) is 5.56 Å². The smallest absolute Gasteiger partial charge is 0.193 e. The maximum absolute atomic E-state index is 5.32. The zero-order valence-electron chi connectivity index (χ0n) is 8.88. The van der Waals surface area contributed by atoms with Gasteiger partial charge in [-0.25, -0.2) is 25.8 Å². The first kappa shape index (κ1) is 12.2. The van der Waals surface area contributed by atoms with Gasteiger partial charge in [0.15, 0.2) is 11.0 Å². The van der Waals surface area contributed by atoms with Crippen LogP contribution in [-0.4, -0.2) is 19.9 Å². The van der Waals surface area contributed by atoms with Gasteiger partial charge in [-0.1, -0.05) is 0 Å². The van der Waals surface area contributed by atoms with Gasteiger partial charge in [-0.2, -0.15) is 0 Å². The van der Waals surface area contributed by atoms with Crippen molar-refractivity contribution in [3.8, 4) is 0 Å². The Morgan fingerprint density at radius 1 is 1.24 bits per heavy atom. The molecule has 0 atom stereocenters. The van der Waals surface area contributed by atoms with Gasteiger partial charge in [0.2, 0.25) is 0 Å². The van der Waals surface area contributed by atoms with Crippen LogP contribution in [0.25, 0.3) is 0 Å². The lowest BCUT2D eigenvalue weighted by Crippen LogP contribution is -2.09. The highest BCUT2D eigenvalue weighted by atomic mass is 79.9. The first-order valence-corrected chi connectivity index (χ1v) is 6.25. The summed E-state index contributed by atoms with van der Waals surface area (Å²) in [5.74, 6) is 5.84. The molecular weight excluding hydrogens is 304 g/mol. The molecule has 0 aliphatic heterocycles. The molecule has 0 radical (unpaired) electrons. The Morgan fingerprint density at radius 2 is 1.94 bits per heavy atom. The number of hydrazine groups is 1. The van der Waals surface area contributed by atoms with Gasteiger partial charge < -0.3 is 5.43 Å². The number of halogens is 1. The number of nitrogens with one attached hydrogen (secondary N) is 1. The van der Waals surface area contributed by atoms with Gasteiger partial charge in [-0.15, -0.1) is 0 Å². The number of aromatic nitrogens is 4. The van der Waals surface area contributed by atoms with Crippen molar-refractivity contribution in [3.05, 3.63) is 28.8 Å². The normalized spacial score (nSPS) is 10.3. The molecule has 0 fully saturated rings. The molecule has 17 heavy (non-hydrogen) atoms. The third kappa shape index (κ3) is 2.90. The average Bonchev–Trinajstić information content (AvgIpc) is 2.35. The van der Waals surface area contributed by atoms with Gasteiger partial charge in [-0.3, -0.25) is 0 Å². The summed E-state index contributed by atoms with van der Waals surface area (Å²) in [4.78, 5) is 16.5. The molecule has 2 heterocycles. The summed E-state index contributed by atoms with van der Waals surface area (Å²) in [6.07, 6.45) is 4.94. The minimum atomic E-state index is 0.523.